The fourth-order valence-corrected chi connectivity index (χ4v) is 3.26. The molecule has 1 aliphatic heterocycles. The van der Waals surface area contributed by atoms with Gasteiger partial charge in [0.25, 0.3) is 0 Å². The quantitative estimate of drug-likeness (QED) is 0.805. The molecule has 0 aromatic heterocycles. The molecule has 0 spiro atoms. The van der Waals surface area contributed by atoms with E-state index in [1.807, 2.05) is 26.8 Å². The zero-order valence-electron chi connectivity index (χ0n) is 15.3. The molecule has 1 atom stereocenters. The maximum Gasteiger partial charge on any atom is 0.313 e. The number of hydrogen-bond acceptors (Lipinski definition) is 6. The molecule has 0 bridgehead atoms. The number of esters is 1. The van der Waals surface area contributed by atoms with Crippen LogP contribution in [0, 0.1) is 5.41 Å². The highest BCUT2D eigenvalue weighted by Crippen LogP contribution is 2.49. The second kappa shape index (κ2) is 7.30. The average molecular weight is 337 g/mol. The smallest absolute Gasteiger partial charge is 0.313 e. The predicted octanol–water partition coefficient (Wildman–Crippen LogP) is 2.49. The SMILES string of the molecule is CCOC(=O)C(C)(C)C1NCCc2cc(OC)c(OC)c(OC)c21. The van der Waals surface area contributed by atoms with Gasteiger partial charge in [0.1, 0.15) is 0 Å². The van der Waals surface area contributed by atoms with Crippen LogP contribution >= 0.6 is 0 Å². The van der Waals surface area contributed by atoms with Gasteiger partial charge in [-0.25, -0.2) is 0 Å². The van der Waals surface area contributed by atoms with Gasteiger partial charge in [0.2, 0.25) is 5.75 Å². The van der Waals surface area contributed by atoms with E-state index >= 15 is 0 Å². The fourth-order valence-electron chi connectivity index (χ4n) is 3.26. The Balaban J connectivity index is 2.62. The van der Waals surface area contributed by atoms with E-state index in [9.17, 15) is 4.79 Å². The molecule has 1 aliphatic rings. The first kappa shape index (κ1) is 18.4. The van der Waals surface area contributed by atoms with Crippen molar-refractivity contribution in [1.82, 2.24) is 5.32 Å². The van der Waals surface area contributed by atoms with E-state index in [4.69, 9.17) is 18.9 Å². The zero-order valence-corrected chi connectivity index (χ0v) is 15.3. The molecule has 0 fully saturated rings. The first-order valence-corrected chi connectivity index (χ1v) is 8.14. The first-order valence-electron chi connectivity index (χ1n) is 8.14. The Labute approximate surface area is 143 Å². The van der Waals surface area contributed by atoms with Crippen molar-refractivity contribution in [3.05, 3.63) is 17.2 Å². The third-order valence-corrected chi connectivity index (χ3v) is 4.51. The van der Waals surface area contributed by atoms with Gasteiger partial charge in [-0.05, 0) is 45.4 Å². The van der Waals surface area contributed by atoms with Crippen molar-refractivity contribution in [2.24, 2.45) is 5.41 Å². The Kier molecular flexibility index (Phi) is 5.59. The predicted molar refractivity (Wildman–Crippen MR) is 91.0 cm³/mol. The normalized spacial score (nSPS) is 17.0. The van der Waals surface area contributed by atoms with E-state index in [1.165, 1.54) is 0 Å². The van der Waals surface area contributed by atoms with Gasteiger partial charge < -0.3 is 24.3 Å². The lowest BCUT2D eigenvalue weighted by molar-refractivity contribution is -0.155. The topological polar surface area (TPSA) is 66.0 Å². The molecule has 1 aromatic carbocycles. The second-order valence-corrected chi connectivity index (χ2v) is 6.30. The standard InChI is InChI=1S/C18H27NO5/c1-7-24-17(20)18(2,3)16-13-11(8-9-19-16)10-12(21-4)14(22-5)15(13)23-6/h10,16,19H,7-9H2,1-6H3. The molecule has 24 heavy (non-hydrogen) atoms. The van der Waals surface area contributed by atoms with Gasteiger partial charge in [0, 0.05) is 5.56 Å². The summed E-state index contributed by atoms with van der Waals surface area (Å²) in [4.78, 5) is 12.5. The number of hydrogen-bond donors (Lipinski definition) is 1. The summed E-state index contributed by atoms with van der Waals surface area (Å²) < 4.78 is 21.9. The average Bonchev–Trinajstić information content (AvgIpc) is 2.59. The molecule has 0 aliphatic carbocycles. The molecule has 2 rings (SSSR count). The van der Waals surface area contributed by atoms with Crippen molar-refractivity contribution in [2.45, 2.75) is 33.2 Å². The molecule has 6 nitrogen and oxygen atoms in total. The molecule has 0 saturated heterocycles. The Hall–Kier alpha value is -1.95. The maximum atomic E-state index is 12.5. The Bertz CT molecular complexity index is 612. The van der Waals surface area contributed by atoms with Gasteiger partial charge in [-0.15, -0.1) is 0 Å². The summed E-state index contributed by atoms with van der Waals surface area (Å²) in [5.41, 5.74) is 1.27. The van der Waals surface area contributed by atoms with E-state index in [-0.39, 0.29) is 12.0 Å². The van der Waals surface area contributed by atoms with Crippen LogP contribution < -0.4 is 19.5 Å². The third kappa shape index (κ3) is 3.02. The summed E-state index contributed by atoms with van der Waals surface area (Å²) in [6.07, 6.45) is 0.821. The van der Waals surface area contributed by atoms with Crippen molar-refractivity contribution in [1.29, 1.82) is 0 Å². The lowest BCUT2D eigenvalue weighted by atomic mass is 9.76. The Morgan fingerprint density at radius 1 is 1.21 bits per heavy atom. The van der Waals surface area contributed by atoms with Crippen LogP contribution in [-0.4, -0.2) is 40.5 Å². The molecule has 0 saturated carbocycles. The lowest BCUT2D eigenvalue weighted by Gasteiger charge is -2.38. The van der Waals surface area contributed by atoms with Gasteiger partial charge in [0.15, 0.2) is 11.5 Å². The van der Waals surface area contributed by atoms with Crippen LogP contribution in [0.3, 0.4) is 0 Å². The summed E-state index contributed by atoms with van der Waals surface area (Å²) in [7, 11) is 4.78. The summed E-state index contributed by atoms with van der Waals surface area (Å²) in [6.45, 7) is 6.69. The molecular weight excluding hydrogens is 310 g/mol. The molecule has 0 amide bonds. The third-order valence-electron chi connectivity index (χ3n) is 4.51. The zero-order chi connectivity index (χ0) is 17.9. The van der Waals surface area contributed by atoms with Gasteiger partial charge in [-0.3, -0.25) is 4.79 Å². The highest BCUT2D eigenvalue weighted by atomic mass is 16.5. The number of nitrogens with one attached hydrogen (secondary N) is 1. The van der Waals surface area contributed by atoms with Crippen LogP contribution in [-0.2, 0) is 16.0 Å². The minimum atomic E-state index is -0.752. The van der Waals surface area contributed by atoms with Crippen molar-refractivity contribution in [3.63, 3.8) is 0 Å². The number of carbonyl (C=O) groups excluding carboxylic acids is 1. The van der Waals surface area contributed by atoms with Gasteiger partial charge in [0.05, 0.1) is 39.4 Å². The Morgan fingerprint density at radius 3 is 2.42 bits per heavy atom. The monoisotopic (exact) mass is 337 g/mol. The van der Waals surface area contributed by atoms with E-state index < -0.39 is 5.41 Å². The fraction of sp³-hybridized carbons (Fsp3) is 0.611. The van der Waals surface area contributed by atoms with E-state index in [2.05, 4.69) is 5.32 Å². The minimum absolute atomic E-state index is 0.241. The number of methoxy groups -OCH3 is 3. The van der Waals surface area contributed by atoms with Crippen LogP contribution in [0.5, 0.6) is 17.2 Å². The molecule has 1 N–H and O–H groups in total. The van der Waals surface area contributed by atoms with Gasteiger partial charge >= 0.3 is 5.97 Å². The molecule has 134 valence electrons. The van der Waals surface area contributed by atoms with E-state index in [0.717, 1.165) is 24.1 Å². The molecule has 1 heterocycles. The molecule has 1 unspecified atom stereocenters. The van der Waals surface area contributed by atoms with Crippen molar-refractivity contribution < 1.29 is 23.7 Å². The van der Waals surface area contributed by atoms with Crippen LogP contribution in [0.4, 0.5) is 0 Å². The second-order valence-electron chi connectivity index (χ2n) is 6.30. The number of benzene rings is 1. The molecular formula is C18H27NO5. The minimum Gasteiger partial charge on any atom is -0.493 e. The van der Waals surface area contributed by atoms with E-state index in [0.29, 0.717) is 23.9 Å². The summed E-state index contributed by atoms with van der Waals surface area (Å²) in [5, 5.41) is 3.44. The summed E-state index contributed by atoms with van der Waals surface area (Å²) >= 11 is 0. The molecule has 1 aromatic rings. The van der Waals surface area contributed by atoms with Crippen LogP contribution in [0.2, 0.25) is 0 Å². The van der Waals surface area contributed by atoms with Crippen LogP contribution in [0.15, 0.2) is 6.07 Å². The summed E-state index contributed by atoms with van der Waals surface area (Å²) in [5.74, 6) is 1.52. The number of carbonyl (C=O) groups is 1. The highest BCUT2D eigenvalue weighted by Gasteiger charge is 2.43. The highest BCUT2D eigenvalue weighted by molar-refractivity contribution is 5.78. The van der Waals surface area contributed by atoms with Gasteiger partial charge in [-0.2, -0.15) is 0 Å². The summed E-state index contributed by atoms with van der Waals surface area (Å²) in [6, 6.07) is 1.72. The molecule has 6 heteroatoms. The number of ether oxygens (including phenoxy) is 4. The van der Waals surface area contributed by atoms with Crippen LogP contribution in [0.25, 0.3) is 0 Å². The van der Waals surface area contributed by atoms with Crippen molar-refractivity contribution in [2.75, 3.05) is 34.5 Å². The first-order chi connectivity index (χ1) is 11.4. The van der Waals surface area contributed by atoms with Crippen molar-refractivity contribution >= 4 is 5.97 Å². The van der Waals surface area contributed by atoms with Crippen LogP contribution in [0.1, 0.15) is 37.9 Å². The van der Waals surface area contributed by atoms with Gasteiger partial charge in [-0.1, -0.05) is 0 Å². The van der Waals surface area contributed by atoms with Crippen molar-refractivity contribution in [3.8, 4) is 17.2 Å². The maximum absolute atomic E-state index is 12.5. The Morgan fingerprint density at radius 2 is 1.88 bits per heavy atom. The number of fused-ring (bicyclic) bond motifs is 1. The largest absolute Gasteiger partial charge is 0.493 e. The molecule has 0 radical (unpaired) electrons. The lowest BCUT2D eigenvalue weighted by Crippen LogP contribution is -2.44. The van der Waals surface area contributed by atoms with E-state index in [1.54, 1.807) is 21.3 Å². The number of rotatable bonds is 6.